The van der Waals surface area contributed by atoms with Crippen LogP contribution < -0.4 is 5.73 Å². The Bertz CT molecular complexity index is 668. The molecule has 5 nitrogen and oxygen atoms in total. The van der Waals surface area contributed by atoms with Crippen LogP contribution in [0.2, 0.25) is 0 Å². The van der Waals surface area contributed by atoms with Crippen molar-refractivity contribution in [1.29, 1.82) is 0 Å². The fourth-order valence-corrected chi connectivity index (χ4v) is 2.91. The SMILES string of the molecule is CN(Cc1ccoc1)S(=O)(=O)c1cc(F)ccc1N. The van der Waals surface area contributed by atoms with Gasteiger partial charge in [-0.25, -0.2) is 12.8 Å². The van der Waals surface area contributed by atoms with Gasteiger partial charge in [-0.3, -0.25) is 0 Å². The molecule has 0 aliphatic heterocycles. The Morgan fingerprint density at radius 3 is 2.74 bits per heavy atom. The lowest BCUT2D eigenvalue weighted by Crippen LogP contribution is -2.27. The topological polar surface area (TPSA) is 76.5 Å². The number of benzene rings is 1. The fourth-order valence-electron chi connectivity index (χ4n) is 1.62. The van der Waals surface area contributed by atoms with Crippen LogP contribution in [0.5, 0.6) is 0 Å². The molecule has 0 amide bonds. The third-order valence-electron chi connectivity index (χ3n) is 2.65. The molecule has 19 heavy (non-hydrogen) atoms. The van der Waals surface area contributed by atoms with Gasteiger partial charge in [0.25, 0.3) is 0 Å². The van der Waals surface area contributed by atoms with Crippen LogP contribution in [-0.4, -0.2) is 19.8 Å². The minimum atomic E-state index is -3.84. The van der Waals surface area contributed by atoms with Gasteiger partial charge in [-0.15, -0.1) is 0 Å². The molecule has 0 fully saturated rings. The average molecular weight is 284 g/mol. The standard InChI is InChI=1S/C12H13FN2O3S/c1-15(7-9-4-5-18-8-9)19(16,17)12-6-10(13)2-3-11(12)14/h2-6,8H,7,14H2,1H3. The van der Waals surface area contributed by atoms with E-state index < -0.39 is 15.8 Å². The van der Waals surface area contributed by atoms with Crippen LogP contribution in [0.1, 0.15) is 5.56 Å². The van der Waals surface area contributed by atoms with Gasteiger partial charge in [0.05, 0.1) is 18.2 Å². The molecular formula is C12H13FN2O3S. The van der Waals surface area contributed by atoms with Crippen molar-refractivity contribution in [2.24, 2.45) is 0 Å². The Hall–Kier alpha value is -1.86. The van der Waals surface area contributed by atoms with E-state index in [1.807, 2.05) is 0 Å². The van der Waals surface area contributed by atoms with Crippen LogP contribution in [0.25, 0.3) is 0 Å². The summed E-state index contributed by atoms with van der Waals surface area (Å²) in [6.07, 6.45) is 2.90. The van der Waals surface area contributed by atoms with Crippen LogP contribution in [0.15, 0.2) is 46.1 Å². The van der Waals surface area contributed by atoms with Gasteiger partial charge in [0, 0.05) is 19.2 Å². The molecule has 0 spiro atoms. The Morgan fingerprint density at radius 2 is 2.11 bits per heavy atom. The molecule has 1 heterocycles. The summed E-state index contributed by atoms with van der Waals surface area (Å²) in [4.78, 5) is -0.238. The molecule has 0 unspecified atom stereocenters. The van der Waals surface area contributed by atoms with Crippen LogP contribution in [-0.2, 0) is 16.6 Å². The first-order valence-corrected chi connectivity index (χ1v) is 6.87. The molecule has 0 bridgehead atoms. The highest BCUT2D eigenvalue weighted by Gasteiger charge is 2.24. The molecule has 0 aliphatic carbocycles. The fraction of sp³-hybridized carbons (Fsp3) is 0.167. The minimum Gasteiger partial charge on any atom is -0.472 e. The molecule has 1 aromatic carbocycles. The van der Waals surface area contributed by atoms with E-state index in [0.29, 0.717) is 5.56 Å². The molecule has 0 atom stereocenters. The lowest BCUT2D eigenvalue weighted by Gasteiger charge is -2.17. The van der Waals surface area contributed by atoms with Gasteiger partial charge in [-0.1, -0.05) is 0 Å². The maximum Gasteiger partial charge on any atom is 0.245 e. The lowest BCUT2D eigenvalue weighted by atomic mass is 10.3. The van der Waals surface area contributed by atoms with E-state index in [-0.39, 0.29) is 17.1 Å². The van der Waals surface area contributed by atoms with E-state index in [0.717, 1.165) is 16.4 Å². The molecule has 0 radical (unpaired) electrons. The van der Waals surface area contributed by atoms with Gasteiger partial charge in [0.1, 0.15) is 10.7 Å². The van der Waals surface area contributed by atoms with Crippen molar-refractivity contribution >= 4 is 15.7 Å². The van der Waals surface area contributed by atoms with Gasteiger partial charge in [0.2, 0.25) is 10.0 Å². The first kappa shape index (κ1) is 13.6. The number of sulfonamides is 1. The van der Waals surface area contributed by atoms with Gasteiger partial charge in [-0.05, 0) is 24.3 Å². The Kier molecular flexibility index (Phi) is 3.59. The maximum absolute atomic E-state index is 13.2. The molecule has 1 aromatic heterocycles. The average Bonchev–Trinajstić information content (AvgIpc) is 2.85. The molecule has 2 aromatic rings. The van der Waals surface area contributed by atoms with Crippen molar-refractivity contribution in [3.05, 3.63) is 48.2 Å². The zero-order chi connectivity index (χ0) is 14.0. The number of anilines is 1. The molecular weight excluding hydrogens is 271 g/mol. The number of halogens is 1. The van der Waals surface area contributed by atoms with Crippen molar-refractivity contribution in [2.45, 2.75) is 11.4 Å². The molecule has 2 rings (SSSR count). The van der Waals surface area contributed by atoms with E-state index in [4.69, 9.17) is 10.2 Å². The minimum absolute atomic E-state index is 0.0143. The summed E-state index contributed by atoms with van der Waals surface area (Å²) in [5.41, 5.74) is 6.31. The maximum atomic E-state index is 13.2. The zero-order valence-electron chi connectivity index (χ0n) is 10.2. The van der Waals surface area contributed by atoms with Crippen molar-refractivity contribution in [3.63, 3.8) is 0 Å². The predicted molar refractivity (Wildman–Crippen MR) is 68.2 cm³/mol. The molecule has 0 aliphatic rings. The molecule has 0 saturated carbocycles. The third kappa shape index (κ3) is 2.77. The first-order chi connectivity index (χ1) is 8.91. The van der Waals surface area contributed by atoms with E-state index in [2.05, 4.69) is 0 Å². The Balaban J connectivity index is 2.33. The normalized spacial score (nSPS) is 11.9. The van der Waals surface area contributed by atoms with E-state index in [1.165, 1.54) is 25.6 Å². The van der Waals surface area contributed by atoms with Crippen molar-refractivity contribution < 1.29 is 17.2 Å². The van der Waals surface area contributed by atoms with Gasteiger partial charge in [0.15, 0.2) is 0 Å². The Labute approximate surface area is 110 Å². The number of nitrogen functional groups attached to an aromatic ring is 1. The summed E-state index contributed by atoms with van der Waals surface area (Å²) >= 11 is 0. The van der Waals surface area contributed by atoms with Crippen LogP contribution in [0, 0.1) is 5.82 Å². The quantitative estimate of drug-likeness (QED) is 0.869. The highest BCUT2D eigenvalue weighted by atomic mass is 32.2. The summed E-state index contributed by atoms with van der Waals surface area (Å²) in [5, 5.41) is 0. The number of hydrogen-bond acceptors (Lipinski definition) is 4. The van der Waals surface area contributed by atoms with Crippen LogP contribution >= 0.6 is 0 Å². The number of nitrogens with zero attached hydrogens (tertiary/aromatic N) is 1. The van der Waals surface area contributed by atoms with Gasteiger partial charge >= 0.3 is 0 Å². The molecule has 0 saturated heterocycles. The van der Waals surface area contributed by atoms with Crippen LogP contribution in [0.3, 0.4) is 0 Å². The second kappa shape index (κ2) is 5.02. The summed E-state index contributed by atoms with van der Waals surface area (Å²) in [6.45, 7) is 0.120. The second-order valence-electron chi connectivity index (χ2n) is 4.07. The molecule has 2 N–H and O–H groups in total. The number of furan rings is 1. The zero-order valence-corrected chi connectivity index (χ0v) is 11.0. The van der Waals surface area contributed by atoms with Crippen molar-refractivity contribution in [2.75, 3.05) is 12.8 Å². The summed E-state index contributed by atoms with van der Waals surface area (Å²) in [6, 6.07) is 4.91. The largest absolute Gasteiger partial charge is 0.472 e. The molecule has 102 valence electrons. The third-order valence-corrected chi connectivity index (χ3v) is 4.51. The van der Waals surface area contributed by atoms with Crippen molar-refractivity contribution in [3.8, 4) is 0 Å². The predicted octanol–water partition coefficient (Wildman–Crippen LogP) is 1.82. The van der Waals surface area contributed by atoms with E-state index in [9.17, 15) is 12.8 Å². The van der Waals surface area contributed by atoms with Gasteiger partial charge < -0.3 is 10.2 Å². The summed E-state index contributed by atoms with van der Waals surface area (Å²) in [7, 11) is -2.45. The number of rotatable bonds is 4. The number of hydrogen-bond donors (Lipinski definition) is 1. The summed E-state index contributed by atoms with van der Waals surface area (Å²) in [5.74, 6) is -0.649. The molecule has 7 heteroatoms. The van der Waals surface area contributed by atoms with Crippen molar-refractivity contribution in [1.82, 2.24) is 4.31 Å². The van der Waals surface area contributed by atoms with E-state index >= 15 is 0 Å². The number of nitrogens with two attached hydrogens (primary N) is 1. The second-order valence-corrected chi connectivity index (χ2v) is 6.09. The highest BCUT2D eigenvalue weighted by Crippen LogP contribution is 2.23. The smallest absolute Gasteiger partial charge is 0.245 e. The summed E-state index contributed by atoms with van der Waals surface area (Å²) < 4.78 is 43.7. The van der Waals surface area contributed by atoms with Gasteiger partial charge in [-0.2, -0.15) is 4.31 Å². The lowest BCUT2D eigenvalue weighted by molar-refractivity contribution is 0.463. The highest BCUT2D eigenvalue weighted by molar-refractivity contribution is 7.89. The van der Waals surface area contributed by atoms with Crippen LogP contribution in [0.4, 0.5) is 10.1 Å². The first-order valence-electron chi connectivity index (χ1n) is 5.43. The Morgan fingerprint density at radius 1 is 1.37 bits per heavy atom. The monoisotopic (exact) mass is 284 g/mol. The van der Waals surface area contributed by atoms with E-state index in [1.54, 1.807) is 6.07 Å².